The molecule has 0 atom stereocenters. The highest BCUT2D eigenvalue weighted by molar-refractivity contribution is 14.0. The van der Waals surface area contributed by atoms with Crippen LogP contribution >= 0.6 is 24.0 Å². The molecule has 6 nitrogen and oxygen atoms in total. The van der Waals surface area contributed by atoms with Gasteiger partial charge in [0.25, 0.3) is 0 Å². The molecule has 0 aromatic heterocycles. The molecule has 0 spiro atoms. The molecule has 32 heavy (non-hydrogen) atoms. The van der Waals surface area contributed by atoms with Gasteiger partial charge in [0.2, 0.25) is 0 Å². The molecule has 1 saturated heterocycles. The Balaban J connectivity index is 0.00000363. The van der Waals surface area contributed by atoms with Gasteiger partial charge in [-0.25, -0.2) is 4.99 Å². The van der Waals surface area contributed by atoms with Crippen LogP contribution in [-0.4, -0.2) is 51.1 Å². The highest BCUT2D eigenvalue weighted by Crippen LogP contribution is 2.19. The number of guanidine groups is 1. The summed E-state index contributed by atoms with van der Waals surface area (Å²) in [6.45, 7) is 7.36. The SMILES string of the molecule is CCNC(=NCc1cccc(COC2CCOCC2)c1)NCCOC1CCCCCC1.I. The molecule has 7 heteroatoms. The summed E-state index contributed by atoms with van der Waals surface area (Å²) in [4.78, 5) is 4.76. The third-order valence-electron chi connectivity index (χ3n) is 5.96. The van der Waals surface area contributed by atoms with Crippen LogP contribution in [0.15, 0.2) is 29.3 Å². The van der Waals surface area contributed by atoms with E-state index >= 15 is 0 Å². The zero-order valence-corrected chi connectivity index (χ0v) is 22.0. The Kier molecular flexibility index (Phi) is 14.2. The second kappa shape index (κ2) is 16.7. The maximum atomic E-state index is 6.08. The van der Waals surface area contributed by atoms with Gasteiger partial charge in [-0.2, -0.15) is 0 Å². The third-order valence-corrected chi connectivity index (χ3v) is 5.96. The van der Waals surface area contributed by atoms with Crippen molar-refractivity contribution in [2.45, 2.75) is 83.6 Å². The lowest BCUT2D eigenvalue weighted by molar-refractivity contribution is -0.0390. The molecule has 0 amide bonds. The lowest BCUT2D eigenvalue weighted by Crippen LogP contribution is -2.39. The topological polar surface area (TPSA) is 64.1 Å². The molecule has 0 radical (unpaired) electrons. The number of hydrogen-bond donors (Lipinski definition) is 2. The Bertz CT molecular complexity index is 645. The molecule has 1 aromatic carbocycles. The molecule has 1 aliphatic carbocycles. The van der Waals surface area contributed by atoms with Crippen molar-refractivity contribution in [1.82, 2.24) is 10.6 Å². The van der Waals surface area contributed by atoms with Gasteiger partial charge in [-0.3, -0.25) is 0 Å². The van der Waals surface area contributed by atoms with Gasteiger partial charge >= 0.3 is 0 Å². The average molecular weight is 560 g/mol. The van der Waals surface area contributed by atoms with Gasteiger partial charge in [0.15, 0.2) is 5.96 Å². The maximum absolute atomic E-state index is 6.08. The summed E-state index contributed by atoms with van der Waals surface area (Å²) >= 11 is 0. The van der Waals surface area contributed by atoms with Crippen molar-refractivity contribution in [3.05, 3.63) is 35.4 Å². The lowest BCUT2D eigenvalue weighted by Gasteiger charge is -2.22. The number of aliphatic imine (C=N–C) groups is 1. The Hall–Kier alpha value is -0.900. The molecule has 0 bridgehead atoms. The Morgan fingerprint density at radius 2 is 1.69 bits per heavy atom. The molecule has 3 rings (SSSR count). The number of halogens is 1. The van der Waals surface area contributed by atoms with Gasteiger partial charge in [-0.1, -0.05) is 49.9 Å². The first kappa shape index (κ1) is 27.3. The predicted octanol–water partition coefficient (Wildman–Crippen LogP) is 4.79. The first-order chi connectivity index (χ1) is 15.3. The molecule has 1 aliphatic heterocycles. The molecule has 1 aromatic rings. The van der Waals surface area contributed by atoms with Crippen molar-refractivity contribution in [2.24, 2.45) is 4.99 Å². The second-order valence-electron chi connectivity index (χ2n) is 8.55. The van der Waals surface area contributed by atoms with E-state index in [1.807, 2.05) is 0 Å². The van der Waals surface area contributed by atoms with Gasteiger partial charge in [0.1, 0.15) is 0 Å². The summed E-state index contributed by atoms with van der Waals surface area (Å²) in [7, 11) is 0. The van der Waals surface area contributed by atoms with Crippen LogP contribution in [0.4, 0.5) is 0 Å². The van der Waals surface area contributed by atoms with Crippen molar-refractivity contribution < 1.29 is 14.2 Å². The number of ether oxygens (including phenoxy) is 3. The third kappa shape index (κ3) is 10.8. The number of benzene rings is 1. The maximum Gasteiger partial charge on any atom is 0.191 e. The van der Waals surface area contributed by atoms with E-state index in [1.54, 1.807) is 0 Å². The van der Waals surface area contributed by atoms with E-state index in [2.05, 4.69) is 41.8 Å². The van der Waals surface area contributed by atoms with Gasteiger partial charge < -0.3 is 24.8 Å². The van der Waals surface area contributed by atoms with E-state index in [9.17, 15) is 0 Å². The van der Waals surface area contributed by atoms with E-state index in [1.165, 1.54) is 49.7 Å². The minimum atomic E-state index is 0. The number of rotatable bonds is 10. The van der Waals surface area contributed by atoms with Crippen LogP contribution < -0.4 is 10.6 Å². The quantitative estimate of drug-likeness (QED) is 0.142. The van der Waals surface area contributed by atoms with Crippen molar-refractivity contribution in [2.75, 3.05) is 32.9 Å². The molecular formula is C25H42IN3O3. The molecule has 1 saturated carbocycles. The van der Waals surface area contributed by atoms with Gasteiger partial charge in [-0.05, 0) is 43.7 Å². The zero-order chi connectivity index (χ0) is 21.6. The van der Waals surface area contributed by atoms with Crippen LogP contribution in [0.3, 0.4) is 0 Å². The summed E-state index contributed by atoms with van der Waals surface area (Å²) < 4.78 is 17.5. The molecular weight excluding hydrogens is 517 g/mol. The van der Waals surface area contributed by atoms with E-state index < -0.39 is 0 Å². The Morgan fingerprint density at radius 1 is 0.969 bits per heavy atom. The van der Waals surface area contributed by atoms with Gasteiger partial charge in [0, 0.05) is 26.3 Å². The van der Waals surface area contributed by atoms with Gasteiger partial charge in [0.05, 0.1) is 32.0 Å². The van der Waals surface area contributed by atoms with Crippen LogP contribution in [0.5, 0.6) is 0 Å². The number of hydrogen-bond acceptors (Lipinski definition) is 4. The van der Waals surface area contributed by atoms with Crippen LogP contribution in [0.1, 0.15) is 69.4 Å². The minimum Gasteiger partial charge on any atom is -0.381 e. The molecule has 1 heterocycles. The predicted molar refractivity (Wildman–Crippen MR) is 141 cm³/mol. The zero-order valence-electron chi connectivity index (χ0n) is 19.7. The average Bonchev–Trinajstić information content (AvgIpc) is 3.09. The first-order valence-corrected chi connectivity index (χ1v) is 12.2. The van der Waals surface area contributed by atoms with E-state index in [0.29, 0.717) is 25.4 Å². The van der Waals surface area contributed by atoms with Crippen LogP contribution in [-0.2, 0) is 27.4 Å². The summed E-state index contributed by atoms with van der Waals surface area (Å²) in [5.74, 6) is 0.843. The summed E-state index contributed by atoms with van der Waals surface area (Å²) in [6.07, 6.45) is 10.5. The molecule has 2 N–H and O–H groups in total. The summed E-state index contributed by atoms with van der Waals surface area (Å²) in [5.41, 5.74) is 2.40. The van der Waals surface area contributed by atoms with Crippen LogP contribution in [0, 0.1) is 0 Å². The minimum absolute atomic E-state index is 0. The molecule has 182 valence electrons. The van der Waals surface area contributed by atoms with E-state index in [4.69, 9.17) is 19.2 Å². The molecule has 0 unspecified atom stereocenters. The monoisotopic (exact) mass is 559 g/mol. The molecule has 2 aliphatic rings. The Labute approximate surface area is 211 Å². The smallest absolute Gasteiger partial charge is 0.191 e. The standard InChI is InChI=1S/C25H41N3O3.HI/c1-2-26-25(27-14-17-30-23-10-5-3-4-6-11-23)28-19-21-8-7-9-22(18-21)20-31-24-12-15-29-16-13-24;/h7-9,18,23-24H,2-6,10-17,19-20H2,1H3,(H2,26,27,28);1H. The lowest BCUT2D eigenvalue weighted by atomic mass is 10.1. The van der Waals surface area contributed by atoms with E-state index in [0.717, 1.165) is 51.7 Å². The fourth-order valence-electron chi connectivity index (χ4n) is 4.19. The van der Waals surface area contributed by atoms with Crippen molar-refractivity contribution in [3.8, 4) is 0 Å². The van der Waals surface area contributed by atoms with Crippen molar-refractivity contribution in [3.63, 3.8) is 0 Å². The fraction of sp³-hybridized carbons (Fsp3) is 0.720. The first-order valence-electron chi connectivity index (χ1n) is 12.2. The number of nitrogens with one attached hydrogen (secondary N) is 2. The van der Waals surface area contributed by atoms with Crippen molar-refractivity contribution >= 4 is 29.9 Å². The molecule has 2 fully saturated rings. The summed E-state index contributed by atoms with van der Waals surface area (Å²) in [5, 5.41) is 6.74. The summed E-state index contributed by atoms with van der Waals surface area (Å²) in [6, 6.07) is 8.54. The number of nitrogens with zero attached hydrogens (tertiary/aromatic N) is 1. The normalized spacial score (nSPS) is 18.6. The highest BCUT2D eigenvalue weighted by Gasteiger charge is 2.14. The second-order valence-corrected chi connectivity index (χ2v) is 8.55. The van der Waals surface area contributed by atoms with Crippen LogP contribution in [0.25, 0.3) is 0 Å². The highest BCUT2D eigenvalue weighted by atomic mass is 127. The largest absolute Gasteiger partial charge is 0.381 e. The fourth-order valence-corrected chi connectivity index (χ4v) is 4.19. The van der Waals surface area contributed by atoms with E-state index in [-0.39, 0.29) is 24.0 Å². The van der Waals surface area contributed by atoms with Crippen molar-refractivity contribution in [1.29, 1.82) is 0 Å². The van der Waals surface area contributed by atoms with Crippen LogP contribution in [0.2, 0.25) is 0 Å². The Morgan fingerprint density at radius 3 is 2.44 bits per heavy atom. The van der Waals surface area contributed by atoms with Gasteiger partial charge in [-0.15, -0.1) is 24.0 Å².